The van der Waals surface area contributed by atoms with Crippen LogP contribution in [0.1, 0.15) is 81.1 Å². The fourth-order valence-corrected chi connectivity index (χ4v) is 11.5. The molecular formula is C61H76F5N11O9S. The molecule has 20 nitrogen and oxygen atoms in total. The minimum absolute atomic E-state index is 0.0138. The third kappa shape index (κ3) is 17.1. The van der Waals surface area contributed by atoms with E-state index in [1.165, 1.54) is 29.4 Å². The molecule has 5 aromatic rings. The lowest BCUT2D eigenvalue weighted by atomic mass is 9.85. The number of nitrogens with zero attached hydrogens (tertiary/aromatic N) is 8. The summed E-state index contributed by atoms with van der Waals surface area (Å²) in [6.45, 7) is 15.1. The molecule has 3 aliphatic rings. The van der Waals surface area contributed by atoms with Gasteiger partial charge in [-0.3, -0.25) is 28.9 Å². The van der Waals surface area contributed by atoms with Crippen molar-refractivity contribution >= 4 is 58.2 Å². The van der Waals surface area contributed by atoms with E-state index < -0.39 is 76.2 Å². The minimum Gasteiger partial charge on any atom is -0.391 e. The third-order valence-corrected chi connectivity index (χ3v) is 16.8. The highest BCUT2D eigenvalue weighted by Crippen LogP contribution is 2.38. The number of likely N-dealkylation sites (N-methyl/N-ethyl adjacent to an activating group) is 1. The molecule has 0 saturated carbocycles. The van der Waals surface area contributed by atoms with Crippen molar-refractivity contribution in [3.8, 4) is 21.6 Å². The number of carbonyl (C=O) groups is 5. The zero-order chi connectivity index (χ0) is 62.7. The predicted octanol–water partition coefficient (Wildman–Crippen LogP) is 6.94. The first-order valence-electron chi connectivity index (χ1n) is 29.0. The highest BCUT2D eigenvalue weighted by Gasteiger charge is 2.45. The van der Waals surface area contributed by atoms with E-state index in [9.17, 15) is 46.6 Å². The van der Waals surface area contributed by atoms with Crippen LogP contribution < -0.4 is 25.8 Å². The van der Waals surface area contributed by atoms with Crippen molar-refractivity contribution in [1.82, 2.24) is 40.3 Å². The minimum atomic E-state index is -5.03. The molecule has 0 aliphatic carbocycles. The Morgan fingerprint density at radius 2 is 1.41 bits per heavy atom. The van der Waals surface area contributed by atoms with Crippen LogP contribution in [0.4, 0.5) is 39.3 Å². The van der Waals surface area contributed by atoms with Crippen molar-refractivity contribution in [3.63, 3.8) is 0 Å². The van der Waals surface area contributed by atoms with Crippen molar-refractivity contribution in [3.05, 3.63) is 107 Å². The Kier molecular flexibility index (Phi) is 22.1. The summed E-state index contributed by atoms with van der Waals surface area (Å²) in [5, 5.41) is 18.9. The second kappa shape index (κ2) is 29.2. The summed E-state index contributed by atoms with van der Waals surface area (Å²) in [6.07, 6.45) is -2.92. The number of thiazole rings is 1. The van der Waals surface area contributed by atoms with Crippen LogP contribution in [0.2, 0.25) is 0 Å². The zero-order valence-corrected chi connectivity index (χ0v) is 50.7. The molecule has 8 rings (SSSR count). The van der Waals surface area contributed by atoms with Gasteiger partial charge < -0.3 is 54.9 Å². The molecule has 2 aromatic heterocycles. The van der Waals surface area contributed by atoms with Gasteiger partial charge >= 0.3 is 6.18 Å². The number of likely N-dealkylation sites (tertiary alicyclic amines) is 1. The van der Waals surface area contributed by atoms with Crippen molar-refractivity contribution in [2.45, 2.75) is 104 Å². The Morgan fingerprint density at radius 3 is 2.02 bits per heavy atom. The number of alkyl halides is 3. The van der Waals surface area contributed by atoms with E-state index >= 15 is 4.39 Å². The molecule has 26 heteroatoms. The van der Waals surface area contributed by atoms with Gasteiger partial charge in [0.1, 0.15) is 23.7 Å². The van der Waals surface area contributed by atoms with Crippen LogP contribution in [0.15, 0.2) is 72.5 Å². The molecule has 5 amide bonds. The number of piperazine rings is 2. The number of carbonyl (C=O) groups excluding carboxylic acids is 5. The van der Waals surface area contributed by atoms with Crippen LogP contribution in [-0.4, -0.2) is 187 Å². The molecule has 0 radical (unpaired) electrons. The molecule has 3 saturated heterocycles. The summed E-state index contributed by atoms with van der Waals surface area (Å²) in [4.78, 5) is 90.5. The lowest BCUT2D eigenvalue weighted by Crippen LogP contribution is -2.57. The number of amides is 5. The molecule has 87 heavy (non-hydrogen) atoms. The fourth-order valence-electron chi connectivity index (χ4n) is 10.7. The number of nitrogens with one attached hydrogen (secondary N) is 3. The number of hydrogen-bond donors (Lipinski definition) is 4. The SMILES string of the molecule is Cc1ncsc1-c1ccc(CNC(=O)[C@@H]2C[C@@H](O)CN2C(=O)[C@@H](NC(=O)CCOCCOCCOCCC(=O)N2CCN(c3ncc(-c4cc(NC(=O)c5ccc(F)cc5C(F)(F)F)c(N5C[C@@H](C)N(C)[C@@H](C)C5)cc4F)cn3)CC2)C(C)(C)C)cc1. The van der Waals surface area contributed by atoms with Crippen LogP contribution in [-0.2, 0) is 46.1 Å². The lowest BCUT2D eigenvalue weighted by Gasteiger charge is -2.44. The first-order chi connectivity index (χ1) is 41.4. The van der Waals surface area contributed by atoms with Gasteiger partial charge in [0.2, 0.25) is 29.6 Å². The Labute approximate surface area is 506 Å². The van der Waals surface area contributed by atoms with E-state index in [0.29, 0.717) is 45.2 Å². The second-order valence-electron chi connectivity index (χ2n) is 23.2. The molecular weight excluding hydrogens is 1160 g/mol. The lowest BCUT2D eigenvalue weighted by molar-refractivity contribution is -0.144. The molecule has 4 N–H and O–H groups in total. The molecule has 470 valence electrons. The Hall–Kier alpha value is -7.23. The van der Waals surface area contributed by atoms with Gasteiger partial charge in [-0.15, -0.1) is 11.3 Å². The molecule has 3 fully saturated rings. The van der Waals surface area contributed by atoms with Gasteiger partial charge in [0.25, 0.3) is 5.91 Å². The van der Waals surface area contributed by atoms with E-state index in [1.54, 1.807) is 21.7 Å². The monoisotopic (exact) mass is 1230 g/mol. The number of β-amino-alcohol motifs (C(OH)–C–C–N with tert-alkyl or cyclic N) is 1. The topological polar surface area (TPSA) is 224 Å². The van der Waals surface area contributed by atoms with E-state index in [-0.39, 0.29) is 119 Å². The Balaban J connectivity index is 0.719. The average molecular weight is 1230 g/mol. The second-order valence-corrected chi connectivity index (χ2v) is 24.0. The quantitative estimate of drug-likeness (QED) is 0.0384. The maximum Gasteiger partial charge on any atom is 0.417 e. The van der Waals surface area contributed by atoms with Crippen molar-refractivity contribution in [1.29, 1.82) is 0 Å². The Bertz CT molecular complexity index is 3190. The van der Waals surface area contributed by atoms with Crippen LogP contribution in [0.25, 0.3) is 21.6 Å². The zero-order valence-electron chi connectivity index (χ0n) is 49.9. The third-order valence-electron chi connectivity index (χ3n) is 15.8. The molecule has 0 spiro atoms. The Morgan fingerprint density at radius 1 is 0.782 bits per heavy atom. The van der Waals surface area contributed by atoms with Gasteiger partial charge in [0.15, 0.2) is 0 Å². The van der Waals surface area contributed by atoms with Crippen LogP contribution in [0.5, 0.6) is 0 Å². The molecule has 5 atom stereocenters. The number of benzene rings is 3. The van der Waals surface area contributed by atoms with Crippen LogP contribution >= 0.6 is 11.3 Å². The molecule has 5 heterocycles. The number of aromatic nitrogens is 3. The number of aryl methyl sites for hydroxylation is 1. The highest BCUT2D eigenvalue weighted by molar-refractivity contribution is 7.13. The number of anilines is 3. The van der Waals surface area contributed by atoms with E-state index in [4.69, 9.17) is 14.2 Å². The van der Waals surface area contributed by atoms with Crippen LogP contribution in [0.3, 0.4) is 0 Å². The van der Waals surface area contributed by atoms with Crippen LogP contribution in [0, 0.1) is 24.0 Å². The van der Waals surface area contributed by atoms with Crippen molar-refractivity contribution < 1.29 is 65.2 Å². The fraction of sp³-hybridized carbons (Fsp3) is 0.508. The summed E-state index contributed by atoms with van der Waals surface area (Å²) in [5.74, 6) is -4.02. The first-order valence-corrected chi connectivity index (χ1v) is 29.9. The number of aliphatic hydroxyl groups excluding tert-OH is 1. The normalized spacial score (nSPS) is 18.9. The van der Waals surface area contributed by atoms with E-state index in [1.807, 2.05) is 82.7 Å². The smallest absolute Gasteiger partial charge is 0.391 e. The average Bonchev–Trinajstić information content (AvgIpc) is 1.83. The summed E-state index contributed by atoms with van der Waals surface area (Å²) < 4.78 is 88.9. The maximum atomic E-state index is 16.2. The number of rotatable bonds is 23. The largest absolute Gasteiger partial charge is 0.417 e. The van der Waals surface area contributed by atoms with Gasteiger partial charge in [-0.1, -0.05) is 45.0 Å². The van der Waals surface area contributed by atoms with Gasteiger partial charge in [-0.25, -0.2) is 23.7 Å². The molecule has 3 aliphatic heterocycles. The number of halogens is 5. The summed E-state index contributed by atoms with van der Waals surface area (Å²) in [6, 6.07) is 10.3. The maximum absolute atomic E-state index is 16.2. The van der Waals surface area contributed by atoms with Gasteiger partial charge in [0.05, 0.1) is 90.7 Å². The standard InChI is InChI=1S/C61H76F5N11O9S/c1-37-33-76(34-38(2)73(37)7)50-29-48(63)46(28-49(50)71-56(81)45-13-12-43(62)26-47(45)61(64,65)66)42-31-68-59(69-32-42)75-18-16-74(17-19-75)53(80)15-21-85-23-25-86-24-22-84-20-14-52(79)72-55(60(4,5)6)58(83)77-35-44(78)27-51(77)57(82)67-30-40-8-10-41(11-9-40)54-39(3)70-36-87-54/h8-13,26,28-29,31-32,36-38,44,51,55,78H,14-25,27,30,33-35H2,1-7H3,(H,67,82)(H,71,81)(H,72,79)/t37-,38+,44-,51+,55-/m1/s1. The molecule has 3 aromatic carbocycles. The summed E-state index contributed by atoms with van der Waals surface area (Å²) in [5.41, 5.74) is 2.20. The number of hydrogen-bond acceptors (Lipinski definition) is 16. The molecule has 0 unspecified atom stereocenters. The first kappa shape index (κ1) is 65.7. The van der Waals surface area contributed by atoms with Gasteiger partial charge in [-0.05, 0) is 74.7 Å². The predicted molar refractivity (Wildman–Crippen MR) is 318 cm³/mol. The number of aliphatic hydroxyl groups is 1. The summed E-state index contributed by atoms with van der Waals surface area (Å²) >= 11 is 1.55. The van der Waals surface area contributed by atoms with E-state index in [0.717, 1.165) is 33.8 Å². The van der Waals surface area contributed by atoms with Gasteiger partial charge in [0, 0.05) is 101 Å². The number of ether oxygens (including phenoxy) is 3. The van der Waals surface area contributed by atoms with E-state index in [2.05, 4.69) is 35.8 Å². The van der Waals surface area contributed by atoms with Crippen molar-refractivity contribution in [2.24, 2.45) is 5.41 Å². The summed E-state index contributed by atoms with van der Waals surface area (Å²) in [7, 11) is 1.96. The molecule has 0 bridgehead atoms. The van der Waals surface area contributed by atoms with Gasteiger partial charge in [-0.2, -0.15) is 13.2 Å². The highest BCUT2D eigenvalue weighted by atomic mass is 32.1. The van der Waals surface area contributed by atoms with Crippen molar-refractivity contribution in [2.75, 3.05) is 108 Å².